The van der Waals surface area contributed by atoms with Crippen LogP contribution in [0.2, 0.25) is 0 Å². The zero-order valence-electron chi connectivity index (χ0n) is 14.6. The van der Waals surface area contributed by atoms with Crippen LogP contribution >= 0.6 is 0 Å². The maximum absolute atomic E-state index is 6.03. The molecule has 4 aromatic rings. The van der Waals surface area contributed by atoms with Gasteiger partial charge in [0.2, 0.25) is 0 Å². The van der Waals surface area contributed by atoms with E-state index in [0.717, 1.165) is 39.4 Å². The Labute approximate surface area is 146 Å². The number of ether oxygens (including phenoxy) is 1. The van der Waals surface area contributed by atoms with Crippen molar-refractivity contribution in [3.8, 4) is 11.4 Å². The molecule has 4 rings (SSSR count). The van der Waals surface area contributed by atoms with E-state index in [-0.39, 0.29) is 0 Å². The van der Waals surface area contributed by atoms with Gasteiger partial charge in [-0.05, 0) is 50.1 Å². The molecule has 5 nitrogen and oxygen atoms in total. The lowest BCUT2D eigenvalue weighted by atomic mass is 10.1. The van der Waals surface area contributed by atoms with E-state index in [4.69, 9.17) is 4.74 Å². The van der Waals surface area contributed by atoms with Gasteiger partial charge >= 0.3 is 0 Å². The average Bonchev–Trinajstić information content (AvgIpc) is 3.22. The number of hydrogen-bond acceptors (Lipinski definition) is 3. The molecule has 0 aliphatic carbocycles. The molecule has 0 amide bonds. The molecular weight excluding hydrogens is 312 g/mol. The topological polar surface area (TPSA) is 55.7 Å². The lowest BCUT2D eigenvalue weighted by molar-refractivity contribution is 0.293. The van der Waals surface area contributed by atoms with Crippen molar-refractivity contribution in [1.29, 1.82) is 0 Å². The van der Waals surface area contributed by atoms with Crippen LogP contribution in [0.5, 0.6) is 5.75 Å². The first kappa shape index (κ1) is 15.4. The van der Waals surface area contributed by atoms with Gasteiger partial charge in [-0.1, -0.05) is 17.7 Å². The largest absolute Gasteiger partial charge is 0.485 e. The molecule has 5 heteroatoms. The van der Waals surface area contributed by atoms with Gasteiger partial charge in [-0.2, -0.15) is 0 Å². The Morgan fingerprint density at radius 2 is 1.88 bits per heavy atom. The normalized spacial score (nSPS) is 11.2. The molecule has 0 unspecified atom stereocenters. The van der Waals surface area contributed by atoms with Crippen molar-refractivity contribution < 1.29 is 4.74 Å². The second-order valence-corrected chi connectivity index (χ2v) is 6.37. The van der Waals surface area contributed by atoms with Gasteiger partial charge in [0.25, 0.3) is 0 Å². The Kier molecular flexibility index (Phi) is 3.76. The SMILES string of the molecule is Cc1cc(C)c(OCc2nc3ccc(-n4ccnc4)cc3[nH]2)c(C)c1. The summed E-state index contributed by atoms with van der Waals surface area (Å²) in [7, 11) is 0. The molecule has 126 valence electrons. The van der Waals surface area contributed by atoms with Crippen molar-refractivity contribution in [1.82, 2.24) is 19.5 Å². The van der Waals surface area contributed by atoms with E-state index in [9.17, 15) is 0 Å². The number of imidazole rings is 2. The van der Waals surface area contributed by atoms with E-state index in [1.54, 1.807) is 12.5 Å². The third-order valence-corrected chi connectivity index (χ3v) is 4.27. The number of aromatic amines is 1. The van der Waals surface area contributed by atoms with Crippen LogP contribution in [0.4, 0.5) is 0 Å². The first-order valence-corrected chi connectivity index (χ1v) is 8.28. The first-order chi connectivity index (χ1) is 12.1. The predicted octanol–water partition coefficient (Wildman–Crippen LogP) is 4.25. The molecule has 0 aliphatic heterocycles. The highest BCUT2D eigenvalue weighted by Crippen LogP contribution is 2.25. The molecule has 0 saturated carbocycles. The van der Waals surface area contributed by atoms with Crippen LogP contribution in [0.1, 0.15) is 22.5 Å². The van der Waals surface area contributed by atoms with E-state index in [2.05, 4.69) is 53.9 Å². The van der Waals surface area contributed by atoms with E-state index >= 15 is 0 Å². The van der Waals surface area contributed by atoms with Gasteiger partial charge in [0.15, 0.2) is 0 Å². The van der Waals surface area contributed by atoms with Crippen LogP contribution in [0.3, 0.4) is 0 Å². The summed E-state index contributed by atoms with van der Waals surface area (Å²) in [5.41, 5.74) is 6.51. The highest BCUT2D eigenvalue weighted by atomic mass is 16.5. The summed E-state index contributed by atoms with van der Waals surface area (Å²) in [6.07, 6.45) is 5.47. The molecule has 25 heavy (non-hydrogen) atoms. The van der Waals surface area contributed by atoms with E-state index in [1.165, 1.54) is 5.56 Å². The number of fused-ring (bicyclic) bond motifs is 1. The van der Waals surface area contributed by atoms with Crippen LogP contribution in [-0.4, -0.2) is 19.5 Å². The minimum atomic E-state index is 0.416. The molecular formula is C20H20N4O. The summed E-state index contributed by atoms with van der Waals surface area (Å²) in [5, 5.41) is 0. The number of aromatic nitrogens is 4. The highest BCUT2D eigenvalue weighted by Gasteiger charge is 2.09. The smallest absolute Gasteiger partial charge is 0.146 e. The second-order valence-electron chi connectivity index (χ2n) is 6.37. The summed E-state index contributed by atoms with van der Waals surface area (Å²) >= 11 is 0. The summed E-state index contributed by atoms with van der Waals surface area (Å²) in [6, 6.07) is 10.4. The fourth-order valence-electron chi connectivity index (χ4n) is 3.23. The molecule has 2 aromatic carbocycles. The molecule has 2 heterocycles. The predicted molar refractivity (Wildman–Crippen MR) is 98.2 cm³/mol. The molecule has 0 atom stereocenters. The molecule has 2 aromatic heterocycles. The molecule has 0 radical (unpaired) electrons. The van der Waals surface area contributed by atoms with Crippen LogP contribution in [0.25, 0.3) is 16.7 Å². The Hall–Kier alpha value is -3.08. The molecule has 0 spiro atoms. The maximum Gasteiger partial charge on any atom is 0.146 e. The van der Waals surface area contributed by atoms with Crippen molar-refractivity contribution in [3.05, 3.63) is 71.6 Å². The fourth-order valence-corrected chi connectivity index (χ4v) is 3.23. The Morgan fingerprint density at radius 1 is 1.08 bits per heavy atom. The van der Waals surface area contributed by atoms with Crippen molar-refractivity contribution >= 4 is 11.0 Å². The van der Waals surface area contributed by atoms with Crippen LogP contribution < -0.4 is 4.74 Å². The summed E-state index contributed by atoms with van der Waals surface area (Å²) in [4.78, 5) is 12.1. The summed E-state index contributed by atoms with van der Waals surface area (Å²) < 4.78 is 8.00. The number of nitrogens with one attached hydrogen (secondary N) is 1. The van der Waals surface area contributed by atoms with E-state index in [0.29, 0.717) is 6.61 Å². The van der Waals surface area contributed by atoms with Crippen LogP contribution in [-0.2, 0) is 6.61 Å². The standard InChI is InChI=1S/C20H20N4O/c1-13-8-14(2)20(15(3)9-13)25-11-19-22-17-5-4-16(10-18(17)23-19)24-7-6-21-12-24/h4-10,12H,11H2,1-3H3,(H,22,23). The fraction of sp³-hybridized carbons (Fsp3) is 0.200. The lowest BCUT2D eigenvalue weighted by Gasteiger charge is -2.12. The number of hydrogen-bond donors (Lipinski definition) is 1. The number of H-pyrrole nitrogens is 1. The third kappa shape index (κ3) is 3.01. The van der Waals surface area contributed by atoms with Crippen molar-refractivity contribution in [2.24, 2.45) is 0 Å². The summed E-state index contributed by atoms with van der Waals surface area (Å²) in [5.74, 6) is 1.75. The zero-order chi connectivity index (χ0) is 17.4. The number of rotatable bonds is 4. The van der Waals surface area contributed by atoms with Gasteiger partial charge in [-0.15, -0.1) is 0 Å². The van der Waals surface area contributed by atoms with E-state index < -0.39 is 0 Å². The van der Waals surface area contributed by atoms with Gasteiger partial charge in [0.1, 0.15) is 18.2 Å². The molecule has 0 saturated heterocycles. The van der Waals surface area contributed by atoms with Gasteiger partial charge < -0.3 is 14.3 Å². The minimum Gasteiger partial charge on any atom is -0.485 e. The second kappa shape index (κ2) is 6.09. The molecule has 0 fully saturated rings. The van der Waals surface area contributed by atoms with Crippen LogP contribution in [0.15, 0.2) is 49.1 Å². The molecule has 0 bridgehead atoms. The number of nitrogens with zero attached hydrogens (tertiary/aromatic N) is 3. The van der Waals surface area contributed by atoms with Crippen LogP contribution in [0, 0.1) is 20.8 Å². The van der Waals surface area contributed by atoms with Gasteiger partial charge in [-0.3, -0.25) is 0 Å². The van der Waals surface area contributed by atoms with E-state index in [1.807, 2.05) is 22.9 Å². The summed E-state index contributed by atoms with van der Waals surface area (Å²) in [6.45, 7) is 6.66. The zero-order valence-corrected chi connectivity index (χ0v) is 14.6. The van der Waals surface area contributed by atoms with Crippen molar-refractivity contribution in [2.45, 2.75) is 27.4 Å². The maximum atomic E-state index is 6.03. The van der Waals surface area contributed by atoms with Gasteiger partial charge in [0, 0.05) is 18.1 Å². The van der Waals surface area contributed by atoms with Crippen molar-refractivity contribution in [3.63, 3.8) is 0 Å². The number of aryl methyl sites for hydroxylation is 3. The lowest BCUT2D eigenvalue weighted by Crippen LogP contribution is -2.01. The Morgan fingerprint density at radius 3 is 2.60 bits per heavy atom. The first-order valence-electron chi connectivity index (χ1n) is 8.28. The van der Waals surface area contributed by atoms with Gasteiger partial charge in [0.05, 0.1) is 17.4 Å². The monoisotopic (exact) mass is 332 g/mol. The highest BCUT2D eigenvalue weighted by molar-refractivity contribution is 5.77. The minimum absolute atomic E-state index is 0.416. The Balaban J connectivity index is 1.58. The van der Waals surface area contributed by atoms with Crippen molar-refractivity contribution in [2.75, 3.05) is 0 Å². The third-order valence-electron chi connectivity index (χ3n) is 4.27. The number of benzene rings is 2. The molecule has 0 aliphatic rings. The van der Waals surface area contributed by atoms with Gasteiger partial charge in [-0.25, -0.2) is 9.97 Å². The quantitative estimate of drug-likeness (QED) is 0.608. The average molecular weight is 332 g/mol. The molecule has 1 N–H and O–H groups in total. The Bertz CT molecular complexity index is 1010.